The molecule has 9 heteroatoms. The number of methoxy groups -OCH3 is 1. The van der Waals surface area contributed by atoms with Crippen molar-refractivity contribution in [2.24, 2.45) is 4.99 Å². The minimum absolute atomic E-state index is 0.128. The van der Waals surface area contributed by atoms with Crippen LogP contribution in [0.3, 0.4) is 0 Å². The summed E-state index contributed by atoms with van der Waals surface area (Å²) in [5.41, 5.74) is 3.33. The molecule has 0 spiro atoms. The van der Waals surface area contributed by atoms with Crippen LogP contribution in [0.2, 0.25) is 5.02 Å². The smallest absolute Gasteiger partial charge is 0.338 e. The molecule has 0 radical (unpaired) electrons. The Morgan fingerprint density at radius 1 is 1.25 bits per heavy atom. The molecule has 1 aromatic heterocycles. The van der Waals surface area contributed by atoms with Crippen molar-refractivity contribution in [1.29, 1.82) is 0 Å². The number of hydrogen-bond acceptors (Lipinski definition) is 7. The van der Waals surface area contributed by atoms with Crippen LogP contribution in [-0.2, 0) is 20.9 Å². The zero-order valence-electron chi connectivity index (χ0n) is 17.5. The zero-order valence-corrected chi connectivity index (χ0v) is 19.1. The van der Waals surface area contributed by atoms with Crippen LogP contribution in [0.5, 0.6) is 0 Å². The number of aromatic nitrogens is 1. The van der Waals surface area contributed by atoms with E-state index >= 15 is 0 Å². The summed E-state index contributed by atoms with van der Waals surface area (Å²) in [6.45, 7) is 2.12. The van der Waals surface area contributed by atoms with E-state index in [1.54, 1.807) is 19.2 Å². The molecule has 32 heavy (non-hydrogen) atoms. The Kier molecular flexibility index (Phi) is 6.62. The van der Waals surface area contributed by atoms with Gasteiger partial charge in [-0.15, -0.1) is 0 Å². The van der Waals surface area contributed by atoms with Crippen molar-refractivity contribution in [3.8, 4) is 0 Å². The topological polar surface area (TPSA) is 83.9 Å². The molecule has 3 heterocycles. The first-order valence-electron chi connectivity index (χ1n) is 9.92. The second-order valence-electron chi connectivity index (χ2n) is 7.21. The summed E-state index contributed by atoms with van der Waals surface area (Å²) >= 11 is 7.67. The number of nitrogens with zero attached hydrogens (tertiary/aromatic N) is 3. The molecular weight excluding hydrogens is 448 g/mol. The number of halogens is 1. The van der Waals surface area contributed by atoms with Crippen LogP contribution in [0.25, 0.3) is 0 Å². The molecule has 0 bridgehead atoms. The lowest BCUT2D eigenvalue weighted by Gasteiger charge is -2.36. The predicted molar refractivity (Wildman–Crippen MR) is 125 cm³/mol. The second-order valence-corrected chi connectivity index (χ2v) is 8.49. The van der Waals surface area contributed by atoms with Crippen LogP contribution in [-0.4, -0.2) is 34.0 Å². The number of allylic oxidation sites excluding steroid dienone is 1. The van der Waals surface area contributed by atoms with Gasteiger partial charge in [0, 0.05) is 16.9 Å². The van der Waals surface area contributed by atoms with Crippen molar-refractivity contribution >= 4 is 40.4 Å². The van der Waals surface area contributed by atoms with Gasteiger partial charge in [0.15, 0.2) is 5.17 Å². The number of hydrogen-bond donors (Lipinski definition) is 1. The van der Waals surface area contributed by atoms with E-state index in [2.05, 4.69) is 15.3 Å². The molecule has 2 aromatic rings. The maximum absolute atomic E-state index is 12.7. The van der Waals surface area contributed by atoms with Crippen molar-refractivity contribution in [2.75, 3.05) is 7.11 Å². The minimum Gasteiger partial charge on any atom is -0.466 e. The molecule has 0 saturated heterocycles. The molecule has 164 valence electrons. The zero-order chi connectivity index (χ0) is 22.7. The van der Waals surface area contributed by atoms with Gasteiger partial charge in [-0.1, -0.05) is 41.6 Å². The lowest BCUT2D eigenvalue weighted by Crippen LogP contribution is -2.37. The maximum atomic E-state index is 12.7. The molecule has 7 nitrogen and oxygen atoms in total. The van der Waals surface area contributed by atoms with Crippen LogP contribution in [0, 0.1) is 0 Å². The quantitative estimate of drug-likeness (QED) is 0.640. The van der Waals surface area contributed by atoms with Crippen LogP contribution < -0.4 is 5.32 Å². The highest BCUT2D eigenvalue weighted by Gasteiger charge is 2.41. The summed E-state index contributed by atoms with van der Waals surface area (Å²) in [5.74, 6) is -0.620. The number of amidine groups is 1. The first kappa shape index (κ1) is 22.1. The number of amides is 1. The van der Waals surface area contributed by atoms with Gasteiger partial charge >= 0.3 is 5.97 Å². The van der Waals surface area contributed by atoms with Gasteiger partial charge in [-0.3, -0.25) is 9.78 Å². The number of carbonyl (C=O) groups excluding carboxylic acids is 2. The van der Waals surface area contributed by atoms with Crippen LogP contribution in [0.15, 0.2) is 76.0 Å². The van der Waals surface area contributed by atoms with E-state index in [1.165, 1.54) is 18.9 Å². The average molecular weight is 469 g/mol. The van der Waals surface area contributed by atoms with Crippen LogP contribution in [0.1, 0.15) is 30.6 Å². The van der Waals surface area contributed by atoms with Crippen molar-refractivity contribution in [3.05, 3.63) is 87.3 Å². The Bertz CT molecular complexity index is 1150. The van der Waals surface area contributed by atoms with Gasteiger partial charge in [0.25, 0.3) is 0 Å². The third-order valence-corrected chi connectivity index (χ3v) is 6.23. The number of nitrogens with one attached hydrogen (secondary N) is 1. The molecular formula is C23H21ClN4O3S. The minimum atomic E-state index is -0.501. The number of fused-ring (bicyclic) bond motifs is 1. The molecule has 0 fully saturated rings. The predicted octanol–water partition coefficient (Wildman–Crippen LogP) is 4.19. The number of esters is 1. The number of thioether (sulfide) groups is 1. The van der Waals surface area contributed by atoms with Gasteiger partial charge in [-0.05, 0) is 42.2 Å². The Morgan fingerprint density at radius 3 is 2.81 bits per heavy atom. The number of ether oxygens (including phenoxy) is 1. The molecule has 1 N–H and O–H groups in total. The highest BCUT2D eigenvalue weighted by molar-refractivity contribution is 8.16. The van der Waals surface area contributed by atoms with Gasteiger partial charge in [0.1, 0.15) is 0 Å². The molecule has 2 aliphatic heterocycles. The summed E-state index contributed by atoms with van der Waals surface area (Å²) in [5, 5.41) is 6.05. The summed E-state index contributed by atoms with van der Waals surface area (Å²) in [4.78, 5) is 36.1. The SMILES string of the molecule is COC(=O)C1=C(C)N=C2SC=C(CC(=O)NCc3ccccn3)N2[C@H]1c1cccc(Cl)c1. The highest BCUT2D eigenvalue weighted by Crippen LogP contribution is 2.45. The summed E-state index contributed by atoms with van der Waals surface area (Å²) in [6, 6.07) is 12.4. The van der Waals surface area contributed by atoms with Gasteiger partial charge in [0.05, 0.1) is 43.1 Å². The number of pyridine rings is 1. The number of benzene rings is 1. The summed E-state index contributed by atoms with van der Waals surface area (Å²) in [6.07, 6.45) is 1.82. The summed E-state index contributed by atoms with van der Waals surface area (Å²) < 4.78 is 5.06. The van der Waals surface area contributed by atoms with Gasteiger partial charge < -0.3 is 15.0 Å². The molecule has 0 unspecified atom stereocenters. The van der Waals surface area contributed by atoms with E-state index in [0.717, 1.165) is 17.0 Å². The van der Waals surface area contributed by atoms with Crippen LogP contribution in [0.4, 0.5) is 0 Å². The fraction of sp³-hybridized carbons (Fsp3) is 0.217. The normalized spacial score (nSPS) is 17.5. The van der Waals surface area contributed by atoms with Gasteiger partial charge in [-0.25, -0.2) is 9.79 Å². The third kappa shape index (κ3) is 4.56. The first-order chi connectivity index (χ1) is 15.5. The van der Waals surface area contributed by atoms with Gasteiger partial charge in [0.2, 0.25) is 5.91 Å². The van der Waals surface area contributed by atoms with Crippen molar-refractivity contribution in [3.63, 3.8) is 0 Å². The first-order valence-corrected chi connectivity index (χ1v) is 11.2. The molecule has 2 aliphatic rings. The van der Waals surface area contributed by atoms with E-state index in [9.17, 15) is 9.59 Å². The number of carbonyl (C=O) groups is 2. The van der Waals surface area contributed by atoms with Crippen molar-refractivity contribution < 1.29 is 14.3 Å². The standard InChI is InChI=1S/C23H21ClN4O3S/c1-14-20(22(30)31-2)21(15-6-5-7-16(24)10-15)28-18(13-32-23(28)27-14)11-19(29)26-12-17-8-3-4-9-25-17/h3-10,13,21H,11-12H2,1-2H3,(H,26,29)/t21-/m0/s1. The van der Waals surface area contributed by atoms with E-state index in [1.807, 2.05) is 46.7 Å². The monoisotopic (exact) mass is 468 g/mol. The molecule has 4 rings (SSSR count). The second kappa shape index (κ2) is 9.58. The fourth-order valence-electron chi connectivity index (χ4n) is 3.65. The highest BCUT2D eigenvalue weighted by atomic mass is 35.5. The molecule has 1 amide bonds. The lowest BCUT2D eigenvalue weighted by atomic mass is 9.94. The number of aliphatic imine (C=N–C) groups is 1. The maximum Gasteiger partial charge on any atom is 0.338 e. The van der Waals surface area contributed by atoms with Gasteiger partial charge in [-0.2, -0.15) is 0 Å². The van der Waals surface area contributed by atoms with Crippen molar-refractivity contribution in [2.45, 2.75) is 25.9 Å². The van der Waals surface area contributed by atoms with E-state index in [0.29, 0.717) is 28.0 Å². The van der Waals surface area contributed by atoms with Crippen molar-refractivity contribution in [1.82, 2.24) is 15.2 Å². The Labute approximate surface area is 195 Å². The van der Waals surface area contributed by atoms with Crippen LogP contribution >= 0.6 is 23.4 Å². The summed E-state index contributed by atoms with van der Waals surface area (Å²) in [7, 11) is 1.34. The van der Waals surface area contributed by atoms with E-state index in [-0.39, 0.29) is 12.3 Å². The third-order valence-electron chi connectivity index (χ3n) is 5.10. The molecule has 1 aromatic carbocycles. The largest absolute Gasteiger partial charge is 0.466 e. The fourth-order valence-corrected chi connectivity index (χ4v) is 4.81. The lowest BCUT2D eigenvalue weighted by molar-refractivity contribution is -0.136. The Hall–Kier alpha value is -3.10. The molecule has 0 aliphatic carbocycles. The Balaban J connectivity index is 1.61. The molecule has 1 atom stereocenters. The average Bonchev–Trinajstić information content (AvgIpc) is 3.18. The number of rotatable bonds is 6. The van der Waals surface area contributed by atoms with E-state index < -0.39 is 12.0 Å². The molecule has 0 saturated carbocycles. The van der Waals surface area contributed by atoms with E-state index in [4.69, 9.17) is 16.3 Å². The Morgan fingerprint density at radius 2 is 2.09 bits per heavy atom.